The largest absolute Gasteiger partial charge is 0.493 e. The fourth-order valence-electron chi connectivity index (χ4n) is 1.90. The van der Waals surface area contributed by atoms with Gasteiger partial charge in [0.1, 0.15) is 11.6 Å². The van der Waals surface area contributed by atoms with Crippen LogP contribution >= 0.6 is 0 Å². The molecule has 4 nitrogen and oxygen atoms in total. The molecule has 0 radical (unpaired) electrons. The molecule has 5 heteroatoms. The number of hydrogen-bond donors (Lipinski definition) is 1. The number of nitrogens with zero attached hydrogens (tertiary/aromatic N) is 2. The lowest BCUT2D eigenvalue weighted by Gasteiger charge is -2.07. The van der Waals surface area contributed by atoms with Crippen LogP contribution in [0.25, 0.3) is 0 Å². The van der Waals surface area contributed by atoms with Crippen LogP contribution in [0.3, 0.4) is 0 Å². The monoisotopic (exact) mass is 263 g/mol. The van der Waals surface area contributed by atoms with Gasteiger partial charge in [-0.15, -0.1) is 0 Å². The standard InChI is InChI=1S/C14H18FN3O/c1-18-10-12(9-17-18)3-5-19-14-7-11(2-4-16)6-13(15)8-14/h6-10H,2-5,16H2,1H3. The van der Waals surface area contributed by atoms with Gasteiger partial charge in [0.15, 0.2) is 0 Å². The van der Waals surface area contributed by atoms with E-state index < -0.39 is 0 Å². The lowest BCUT2D eigenvalue weighted by molar-refractivity contribution is 0.320. The van der Waals surface area contributed by atoms with Crippen molar-refractivity contribution < 1.29 is 9.13 Å². The van der Waals surface area contributed by atoms with E-state index in [0.29, 0.717) is 25.3 Å². The second kappa shape index (κ2) is 6.33. The molecule has 0 spiro atoms. The molecule has 102 valence electrons. The van der Waals surface area contributed by atoms with Crippen molar-refractivity contribution in [3.05, 3.63) is 47.5 Å². The zero-order valence-corrected chi connectivity index (χ0v) is 11.0. The summed E-state index contributed by atoms with van der Waals surface area (Å²) < 4.78 is 20.7. The summed E-state index contributed by atoms with van der Waals surface area (Å²) in [6, 6.07) is 4.71. The van der Waals surface area contributed by atoms with Gasteiger partial charge in [-0.25, -0.2) is 4.39 Å². The van der Waals surface area contributed by atoms with E-state index in [1.165, 1.54) is 12.1 Å². The molecule has 0 amide bonds. The van der Waals surface area contributed by atoms with Gasteiger partial charge in [0.2, 0.25) is 0 Å². The summed E-state index contributed by atoms with van der Waals surface area (Å²) in [4.78, 5) is 0. The highest BCUT2D eigenvalue weighted by atomic mass is 19.1. The first kappa shape index (κ1) is 13.5. The van der Waals surface area contributed by atoms with Gasteiger partial charge in [-0.1, -0.05) is 0 Å². The summed E-state index contributed by atoms with van der Waals surface area (Å²) in [6.45, 7) is 0.996. The van der Waals surface area contributed by atoms with Crippen LogP contribution in [0.1, 0.15) is 11.1 Å². The van der Waals surface area contributed by atoms with E-state index in [0.717, 1.165) is 17.5 Å². The smallest absolute Gasteiger partial charge is 0.127 e. The first-order valence-electron chi connectivity index (χ1n) is 6.27. The Morgan fingerprint density at radius 3 is 2.79 bits per heavy atom. The van der Waals surface area contributed by atoms with Crippen molar-refractivity contribution in [3.63, 3.8) is 0 Å². The average Bonchev–Trinajstić information content (AvgIpc) is 2.75. The van der Waals surface area contributed by atoms with E-state index in [1.807, 2.05) is 19.3 Å². The van der Waals surface area contributed by atoms with Gasteiger partial charge in [-0.05, 0) is 36.2 Å². The van der Waals surface area contributed by atoms with Crippen LogP contribution in [0.15, 0.2) is 30.6 Å². The molecule has 0 saturated heterocycles. The molecule has 2 aromatic rings. The quantitative estimate of drug-likeness (QED) is 0.862. The van der Waals surface area contributed by atoms with Gasteiger partial charge in [0, 0.05) is 25.7 Å². The van der Waals surface area contributed by atoms with E-state index in [1.54, 1.807) is 10.9 Å². The lowest BCUT2D eigenvalue weighted by Crippen LogP contribution is -2.05. The van der Waals surface area contributed by atoms with Crippen LogP contribution in [-0.4, -0.2) is 22.9 Å². The third-order valence-electron chi connectivity index (χ3n) is 2.78. The van der Waals surface area contributed by atoms with Crippen LogP contribution in [0, 0.1) is 5.82 Å². The Hall–Kier alpha value is -1.88. The Kier molecular flexibility index (Phi) is 4.52. The van der Waals surface area contributed by atoms with Gasteiger partial charge in [0.05, 0.1) is 12.8 Å². The molecule has 0 saturated carbocycles. The molecule has 2 N–H and O–H groups in total. The van der Waals surface area contributed by atoms with Crippen molar-refractivity contribution in [1.82, 2.24) is 9.78 Å². The maximum Gasteiger partial charge on any atom is 0.127 e. The molecule has 0 bridgehead atoms. The summed E-state index contributed by atoms with van der Waals surface area (Å²) in [6.07, 6.45) is 5.14. The van der Waals surface area contributed by atoms with E-state index in [2.05, 4.69) is 5.10 Å². The fourth-order valence-corrected chi connectivity index (χ4v) is 1.90. The first-order chi connectivity index (χ1) is 9.17. The van der Waals surface area contributed by atoms with Gasteiger partial charge < -0.3 is 10.5 Å². The summed E-state index contributed by atoms with van der Waals surface area (Å²) in [5.74, 6) is 0.259. The molecule has 0 aliphatic carbocycles. The molecule has 19 heavy (non-hydrogen) atoms. The van der Waals surface area contributed by atoms with Gasteiger partial charge >= 0.3 is 0 Å². The van der Waals surface area contributed by atoms with E-state index >= 15 is 0 Å². The van der Waals surface area contributed by atoms with Gasteiger partial charge in [-0.3, -0.25) is 4.68 Å². The summed E-state index contributed by atoms with van der Waals surface area (Å²) in [7, 11) is 1.87. The summed E-state index contributed by atoms with van der Waals surface area (Å²) in [5, 5.41) is 4.08. The van der Waals surface area contributed by atoms with Crippen LogP contribution in [0.2, 0.25) is 0 Å². The second-order valence-corrected chi connectivity index (χ2v) is 4.45. The van der Waals surface area contributed by atoms with Crippen LogP contribution < -0.4 is 10.5 Å². The number of hydrogen-bond acceptors (Lipinski definition) is 3. The maximum atomic E-state index is 13.4. The molecule has 1 heterocycles. The predicted molar refractivity (Wildman–Crippen MR) is 71.6 cm³/mol. The maximum absolute atomic E-state index is 13.4. The highest BCUT2D eigenvalue weighted by Crippen LogP contribution is 2.17. The first-order valence-corrected chi connectivity index (χ1v) is 6.27. The zero-order chi connectivity index (χ0) is 13.7. The van der Waals surface area contributed by atoms with Gasteiger partial charge in [0.25, 0.3) is 0 Å². The molecule has 0 unspecified atom stereocenters. The molecule has 2 rings (SSSR count). The topological polar surface area (TPSA) is 53.1 Å². The number of aromatic nitrogens is 2. The molecule has 1 aromatic heterocycles. The lowest BCUT2D eigenvalue weighted by atomic mass is 10.1. The normalized spacial score (nSPS) is 10.7. The number of nitrogens with two attached hydrogens (primary N) is 1. The van der Waals surface area contributed by atoms with Crippen LogP contribution in [0.5, 0.6) is 5.75 Å². The second-order valence-electron chi connectivity index (χ2n) is 4.45. The van der Waals surface area contributed by atoms with E-state index in [4.69, 9.17) is 10.5 Å². The minimum absolute atomic E-state index is 0.290. The minimum Gasteiger partial charge on any atom is -0.493 e. The number of benzene rings is 1. The van der Waals surface area contributed by atoms with E-state index in [-0.39, 0.29) is 5.82 Å². The fraction of sp³-hybridized carbons (Fsp3) is 0.357. The van der Waals surface area contributed by atoms with Crippen molar-refractivity contribution in [1.29, 1.82) is 0 Å². The van der Waals surface area contributed by atoms with Crippen molar-refractivity contribution in [3.8, 4) is 5.75 Å². The van der Waals surface area contributed by atoms with Crippen molar-refractivity contribution in [2.75, 3.05) is 13.2 Å². The molecule has 0 fully saturated rings. The zero-order valence-electron chi connectivity index (χ0n) is 11.0. The summed E-state index contributed by atoms with van der Waals surface area (Å²) >= 11 is 0. The Morgan fingerprint density at radius 1 is 1.26 bits per heavy atom. The molecule has 1 aromatic carbocycles. The number of ether oxygens (including phenoxy) is 1. The third-order valence-corrected chi connectivity index (χ3v) is 2.78. The minimum atomic E-state index is -0.290. The highest BCUT2D eigenvalue weighted by Gasteiger charge is 2.02. The molecule has 0 aliphatic heterocycles. The van der Waals surface area contributed by atoms with Crippen molar-refractivity contribution >= 4 is 0 Å². The molecular weight excluding hydrogens is 245 g/mol. The number of halogens is 1. The summed E-state index contributed by atoms with van der Waals surface area (Å²) in [5.41, 5.74) is 7.42. The Balaban J connectivity index is 1.91. The number of rotatable bonds is 6. The van der Waals surface area contributed by atoms with E-state index in [9.17, 15) is 4.39 Å². The average molecular weight is 263 g/mol. The Labute approximate surface area is 112 Å². The van der Waals surface area contributed by atoms with Crippen LogP contribution in [0.4, 0.5) is 4.39 Å². The molecule has 0 atom stereocenters. The predicted octanol–water partition coefficient (Wildman–Crippen LogP) is 1.68. The Bertz CT molecular complexity index is 539. The SMILES string of the molecule is Cn1cc(CCOc2cc(F)cc(CCN)c2)cn1. The third kappa shape index (κ3) is 4.06. The van der Waals surface area contributed by atoms with Crippen molar-refractivity contribution in [2.45, 2.75) is 12.8 Å². The van der Waals surface area contributed by atoms with Gasteiger partial charge in [-0.2, -0.15) is 5.10 Å². The number of aryl methyl sites for hydroxylation is 1. The molecule has 0 aliphatic rings. The van der Waals surface area contributed by atoms with Crippen molar-refractivity contribution in [2.24, 2.45) is 12.8 Å². The highest BCUT2D eigenvalue weighted by molar-refractivity contribution is 5.30. The Morgan fingerprint density at radius 2 is 2.11 bits per heavy atom. The molecular formula is C14H18FN3O. The van der Waals surface area contributed by atoms with Crippen LogP contribution in [-0.2, 0) is 19.9 Å².